The van der Waals surface area contributed by atoms with Crippen molar-refractivity contribution in [3.8, 4) is 11.6 Å². The summed E-state index contributed by atoms with van der Waals surface area (Å²) < 4.78 is 349. The highest BCUT2D eigenvalue weighted by Crippen LogP contribution is 2.42. The van der Waals surface area contributed by atoms with Gasteiger partial charge in [-0.3, -0.25) is 0 Å². The first-order chi connectivity index (χ1) is 38.5. The Morgan fingerprint density at radius 3 is 1.02 bits per heavy atom. The zero-order chi connectivity index (χ0) is 62.6. The number of benzene rings is 7. The quantitative estimate of drug-likeness (QED) is 0.0890. The number of alkyl halides is 24. The maximum Gasteiger partial charge on any atom is 0.416 e. The maximum atomic E-state index is 14.2. The van der Waals surface area contributed by atoms with Gasteiger partial charge in [0.05, 0.1) is 55.5 Å². The highest BCUT2D eigenvalue weighted by molar-refractivity contribution is 7.20. The number of ether oxygens (including phenoxy) is 1. The summed E-state index contributed by atoms with van der Waals surface area (Å²) in [5.41, 5.74) is -28.9. The molecule has 8 rings (SSSR count). The standard InChI is InChI=1S/C32H12BF24.C23H17NO3/c34-25(35,36)13-1-14(26(37,38)39)6-21(5-13)33(22-7-15(27(40,41)42)2-16(8-22)28(43,44)45,23-9-17(29(46,47)48)3-18(10-23)30(49,50)51)24-11-19(31(52,53)54)4-20(12-24)32(55,56)57;25-23(26)19-10-6-11-20(15-19)27-22-21-12-5-4-9-18(21)13-14-24(22)16-17-7-2-1-3-8-17/h1-12H;1-15H,16H2/q-1;/p+1. The van der Waals surface area contributed by atoms with Gasteiger partial charge in [0.2, 0.25) is 0 Å². The molecule has 1 N–H and O–H groups in total. The van der Waals surface area contributed by atoms with Crippen LogP contribution in [-0.4, -0.2) is 17.2 Å². The van der Waals surface area contributed by atoms with E-state index in [1.807, 2.05) is 53.2 Å². The van der Waals surface area contributed by atoms with Crippen LogP contribution in [-0.2, 0) is 56.0 Å². The Hall–Kier alpha value is -8.40. The molecule has 29 heteroatoms. The average Bonchev–Trinajstić information content (AvgIpc) is 0.782. The van der Waals surface area contributed by atoms with Crippen molar-refractivity contribution < 1.29 is 125 Å². The predicted molar refractivity (Wildman–Crippen MR) is 253 cm³/mol. The fourth-order valence-corrected chi connectivity index (χ4v) is 9.12. The van der Waals surface area contributed by atoms with Gasteiger partial charge < -0.3 is 9.84 Å². The van der Waals surface area contributed by atoms with Crippen LogP contribution < -0.4 is 31.2 Å². The molecular formula is C55H30BF24NO3. The zero-order valence-electron chi connectivity index (χ0n) is 41.2. The van der Waals surface area contributed by atoms with Gasteiger partial charge >= 0.3 is 61.3 Å². The number of rotatable bonds is 9. The van der Waals surface area contributed by atoms with Crippen molar-refractivity contribution in [2.75, 3.05) is 0 Å². The Labute approximate surface area is 455 Å². The molecule has 8 aromatic rings. The fourth-order valence-electron chi connectivity index (χ4n) is 9.12. The van der Waals surface area contributed by atoms with E-state index in [1.165, 1.54) is 6.07 Å². The minimum atomic E-state index is -6.13. The smallest absolute Gasteiger partial charge is 0.416 e. The third kappa shape index (κ3) is 14.1. The minimum Gasteiger partial charge on any atom is -0.478 e. The van der Waals surface area contributed by atoms with Crippen LogP contribution in [0, 0.1) is 0 Å². The second-order valence-corrected chi connectivity index (χ2v) is 18.5. The van der Waals surface area contributed by atoms with E-state index >= 15 is 0 Å². The van der Waals surface area contributed by atoms with Gasteiger partial charge in [-0.2, -0.15) is 132 Å². The van der Waals surface area contributed by atoms with E-state index in [-0.39, 0.29) is 5.56 Å². The van der Waals surface area contributed by atoms with Gasteiger partial charge in [0.1, 0.15) is 11.9 Å². The second kappa shape index (κ2) is 22.3. The molecule has 0 aliphatic heterocycles. The molecule has 0 fully saturated rings. The summed E-state index contributed by atoms with van der Waals surface area (Å²) in [6.45, 7) is 0.652. The molecule has 0 bridgehead atoms. The molecule has 0 aliphatic rings. The van der Waals surface area contributed by atoms with Crippen molar-refractivity contribution in [3.63, 3.8) is 0 Å². The fraction of sp³-hybridized carbons (Fsp3) is 0.164. The monoisotopic (exact) mass is 1220 g/mol. The summed E-state index contributed by atoms with van der Waals surface area (Å²) in [6.07, 6.45) is -52.8. The van der Waals surface area contributed by atoms with Crippen LogP contribution >= 0.6 is 0 Å². The Kier molecular flexibility index (Phi) is 16.8. The number of halogens is 24. The highest BCUT2D eigenvalue weighted by Gasteiger charge is 2.47. The topological polar surface area (TPSA) is 50.4 Å². The summed E-state index contributed by atoms with van der Waals surface area (Å²) in [7, 11) is 0. The van der Waals surface area contributed by atoms with Gasteiger partial charge in [-0.25, -0.2) is 4.79 Å². The summed E-state index contributed by atoms with van der Waals surface area (Å²) in [6, 6.07) is 17.9. The Morgan fingerprint density at radius 1 is 0.381 bits per heavy atom. The Bertz CT molecular complexity index is 3290. The molecule has 444 valence electrons. The van der Waals surface area contributed by atoms with Gasteiger partial charge in [-0.15, -0.1) is 0 Å². The number of pyridine rings is 1. The molecule has 1 heterocycles. The maximum absolute atomic E-state index is 14.2. The van der Waals surface area contributed by atoms with Crippen LogP contribution in [0.15, 0.2) is 164 Å². The molecule has 0 saturated carbocycles. The number of aromatic carboxylic acids is 1. The molecule has 7 aromatic carbocycles. The van der Waals surface area contributed by atoms with Gasteiger partial charge in [0.25, 0.3) is 0 Å². The molecule has 0 spiro atoms. The predicted octanol–water partition coefficient (Wildman–Crippen LogP) is 15.9. The summed E-state index contributed by atoms with van der Waals surface area (Å²) in [4.78, 5) is 11.3. The lowest BCUT2D eigenvalue weighted by Crippen LogP contribution is -2.75. The first kappa shape index (κ1) is 63.2. The number of hydrogen-bond donors (Lipinski definition) is 1. The van der Waals surface area contributed by atoms with E-state index in [0.717, 1.165) is 16.3 Å². The van der Waals surface area contributed by atoms with Crippen LogP contribution in [0.2, 0.25) is 0 Å². The van der Waals surface area contributed by atoms with E-state index in [2.05, 4.69) is 18.2 Å². The molecule has 0 amide bonds. The van der Waals surface area contributed by atoms with Gasteiger partial charge in [0.15, 0.2) is 12.7 Å². The molecule has 0 atom stereocenters. The van der Waals surface area contributed by atoms with Gasteiger partial charge in [-0.05, 0) is 53.9 Å². The van der Waals surface area contributed by atoms with Crippen molar-refractivity contribution in [1.29, 1.82) is 0 Å². The lowest BCUT2D eigenvalue weighted by molar-refractivity contribution is -0.691. The molecule has 1 aromatic heterocycles. The number of carboxylic acid groups (broad SMARTS) is 1. The van der Waals surface area contributed by atoms with E-state index in [1.54, 1.807) is 18.2 Å². The van der Waals surface area contributed by atoms with Crippen molar-refractivity contribution in [3.05, 3.63) is 220 Å². The second-order valence-electron chi connectivity index (χ2n) is 18.5. The SMILES string of the molecule is FC(F)(F)c1cc([B-](c2cc(C(F)(F)F)cc(C(F)(F)F)c2)(c2cc(C(F)(F)F)cc(C(F)(F)F)c2)c2cc(C(F)(F)F)cc(C(F)(F)F)c2)cc(C(F)(F)F)c1.O=C(O)c1cccc(Oc2c3ccccc3cc[n+]2Cc2ccccc2)c1. The summed E-state index contributed by atoms with van der Waals surface area (Å²) in [5, 5.41) is 11.3. The van der Waals surface area contributed by atoms with Crippen molar-refractivity contribution in [1.82, 2.24) is 0 Å². The molecular weight excluding hydrogens is 1190 g/mol. The molecule has 0 radical (unpaired) electrons. The van der Waals surface area contributed by atoms with Crippen molar-refractivity contribution in [2.24, 2.45) is 0 Å². The first-order valence-corrected chi connectivity index (χ1v) is 23.3. The number of carboxylic acids is 1. The third-order valence-corrected chi connectivity index (χ3v) is 12.8. The van der Waals surface area contributed by atoms with Gasteiger partial charge in [0, 0.05) is 11.6 Å². The number of hydrogen-bond acceptors (Lipinski definition) is 2. The van der Waals surface area contributed by atoms with Crippen molar-refractivity contribution >= 4 is 44.7 Å². The molecule has 0 unspecified atom stereocenters. The highest BCUT2D eigenvalue weighted by atomic mass is 19.4. The molecule has 84 heavy (non-hydrogen) atoms. The zero-order valence-corrected chi connectivity index (χ0v) is 41.2. The summed E-state index contributed by atoms with van der Waals surface area (Å²) in [5.74, 6) is 0.197. The Morgan fingerprint density at radius 2 is 0.702 bits per heavy atom. The third-order valence-electron chi connectivity index (χ3n) is 12.8. The van der Waals surface area contributed by atoms with Crippen LogP contribution in [0.4, 0.5) is 105 Å². The van der Waals surface area contributed by atoms with E-state index < -0.39 is 201 Å². The van der Waals surface area contributed by atoms with E-state index in [0.29, 0.717) is 18.2 Å². The van der Waals surface area contributed by atoms with Crippen LogP contribution in [0.3, 0.4) is 0 Å². The number of nitrogens with zero attached hydrogens (tertiary/aromatic N) is 1. The number of fused-ring (bicyclic) bond motifs is 1. The number of carbonyl (C=O) groups is 1. The van der Waals surface area contributed by atoms with E-state index in [4.69, 9.17) is 4.74 Å². The first-order valence-electron chi connectivity index (χ1n) is 23.3. The van der Waals surface area contributed by atoms with Crippen LogP contribution in [0.5, 0.6) is 11.6 Å². The van der Waals surface area contributed by atoms with Crippen LogP contribution in [0.25, 0.3) is 10.8 Å². The molecule has 4 nitrogen and oxygen atoms in total. The molecule has 0 aliphatic carbocycles. The number of aromatic nitrogens is 1. The lowest BCUT2D eigenvalue weighted by Gasteiger charge is -2.46. The van der Waals surface area contributed by atoms with Gasteiger partial charge in [-0.1, -0.05) is 103 Å². The van der Waals surface area contributed by atoms with Crippen LogP contribution in [0.1, 0.15) is 60.4 Å². The molecule has 0 saturated heterocycles. The lowest BCUT2D eigenvalue weighted by atomic mass is 9.12. The largest absolute Gasteiger partial charge is 0.478 e. The van der Waals surface area contributed by atoms with Crippen molar-refractivity contribution in [2.45, 2.75) is 56.0 Å². The normalized spacial score (nSPS) is 13.1. The average molecular weight is 1220 g/mol. The summed E-state index contributed by atoms with van der Waals surface area (Å²) >= 11 is 0. The van der Waals surface area contributed by atoms with E-state index in [9.17, 15) is 115 Å². The minimum absolute atomic E-state index is 0.197. The Balaban J connectivity index is 0.000000309.